The van der Waals surface area contributed by atoms with Crippen LogP contribution in [0, 0.1) is 20.8 Å². The number of hydrogen-bond donors (Lipinski definition) is 0. The summed E-state index contributed by atoms with van der Waals surface area (Å²) in [6, 6.07) is 74.1. The molecule has 0 spiro atoms. The van der Waals surface area contributed by atoms with Crippen LogP contribution < -0.4 is 4.90 Å². The highest BCUT2D eigenvalue weighted by atomic mass is 15.1. The van der Waals surface area contributed by atoms with E-state index in [1.54, 1.807) is 0 Å². The van der Waals surface area contributed by atoms with Crippen LogP contribution in [0.25, 0.3) is 54.9 Å². The summed E-state index contributed by atoms with van der Waals surface area (Å²) >= 11 is 0. The third kappa shape index (κ3) is 7.31. The third-order valence-corrected chi connectivity index (χ3v) is 10.3. The summed E-state index contributed by atoms with van der Waals surface area (Å²) in [4.78, 5) is 2.37. The van der Waals surface area contributed by atoms with Gasteiger partial charge < -0.3 is 4.90 Å². The van der Waals surface area contributed by atoms with E-state index in [2.05, 4.69) is 214 Å². The zero-order chi connectivity index (χ0) is 36.9. The summed E-state index contributed by atoms with van der Waals surface area (Å²) in [6.07, 6.45) is 0. The number of hydrogen-bond acceptors (Lipinski definition) is 1. The maximum absolute atomic E-state index is 2.37. The molecule has 0 aliphatic carbocycles. The van der Waals surface area contributed by atoms with Crippen molar-refractivity contribution in [1.82, 2.24) is 0 Å². The number of rotatable bonds is 6. The number of benzene rings is 9. The van der Waals surface area contributed by atoms with E-state index < -0.39 is 0 Å². The fourth-order valence-corrected chi connectivity index (χ4v) is 7.31. The van der Waals surface area contributed by atoms with E-state index >= 15 is 0 Å². The van der Waals surface area contributed by atoms with Gasteiger partial charge in [-0.1, -0.05) is 169 Å². The van der Waals surface area contributed by atoms with Gasteiger partial charge in [0.15, 0.2) is 0 Å². The summed E-state index contributed by atoms with van der Waals surface area (Å²) in [6.45, 7) is 6.47. The molecule has 9 rings (SSSR count). The summed E-state index contributed by atoms with van der Waals surface area (Å²) in [7, 11) is 0. The van der Waals surface area contributed by atoms with Gasteiger partial charge in [-0.15, -0.1) is 0 Å². The molecular weight excluding hydrogens is 651 g/mol. The van der Waals surface area contributed by atoms with Gasteiger partial charge in [-0.25, -0.2) is 0 Å². The molecule has 0 aliphatic heterocycles. The predicted octanol–water partition coefficient (Wildman–Crippen LogP) is 15.1. The van der Waals surface area contributed by atoms with Crippen molar-refractivity contribution in [1.29, 1.82) is 0 Å². The van der Waals surface area contributed by atoms with Crippen molar-refractivity contribution in [2.24, 2.45) is 0 Å². The van der Waals surface area contributed by atoms with E-state index in [1.807, 2.05) is 18.2 Å². The Kier molecular flexibility index (Phi) is 9.87. The zero-order valence-corrected chi connectivity index (χ0v) is 31.1. The van der Waals surface area contributed by atoms with Crippen molar-refractivity contribution < 1.29 is 0 Å². The summed E-state index contributed by atoms with van der Waals surface area (Å²) in [5.74, 6) is 0. The van der Waals surface area contributed by atoms with Crippen LogP contribution in [0.5, 0.6) is 0 Å². The molecule has 0 heterocycles. The van der Waals surface area contributed by atoms with E-state index in [0.29, 0.717) is 0 Å². The maximum atomic E-state index is 2.37. The lowest BCUT2D eigenvalue weighted by Crippen LogP contribution is -2.09. The molecule has 0 saturated heterocycles. The third-order valence-electron chi connectivity index (χ3n) is 10.3. The largest absolute Gasteiger partial charge is 0.310 e. The highest BCUT2D eigenvalue weighted by Crippen LogP contribution is 2.40. The van der Waals surface area contributed by atoms with Crippen molar-refractivity contribution >= 4 is 38.6 Å². The number of anilines is 3. The molecule has 1 nitrogen and oxygen atoms in total. The molecule has 0 fully saturated rings. The molecule has 1 heteroatoms. The molecule has 0 amide bonds. The van der Waals surface area contributed by atoms with Gasteiger partial charge in [0.1, 0.15) is 0 Å². The average molecular weight is 694 g/mol. The lowest BCUT2D eigenvalue weighted by Gasteiger charge is -2.26. The Labute approximate surface area is 319 Å². The molecule has 0 aliphatic rings. The normalized spacial score (nSPS) is 10.9. The van der Waals surface area contributed by atoms with Crippen molar-refractivity contribution in [3.63, 3.8) is 0 Å². The first-order chi connectivity index (χ1) is 26.5. The van der Waals surface area contributed by atoms with Crippen molar-refractivity contribution in [3.8, 4) is 33.4 Å². The van der Waals surface area contributed by atoms with Crippen molar-refractivity contribution in [3.05, 3.63) is 223 Å². The second kappa shape index (κ2) is 15.5. The molecular formula is C53H43N. The molecule has 0 N–H and O–H groups in total. The Morgan fingerprint density at radius 1 is 0.296 bits per heavy atom. The zero-order valence-electron chi connectivity index (χ0n) is 31.1. The van der Waals surface area contributed by atoms with Crippen LogP contribution in [-0.4, -0.2) is 0 Å². The second-order valence-corrected chi connectivity index (χ2v) is 14.0. The van der Waals surface area contributed by atoms with Gasteiger partial charge in [0, 0.05) is 17.1 Å². The van der Waals surface area contributed by atoms with Gasteiger partial charge in [-0.2, -0.15) is 0 Å². The SMILES string of the molecule is Cc1ccccc1.Cc1ccccc1-c1cc(-c2ccc(N(c3ccc(-c4ccccc4)cc3)c3ccc4ccc5ccccc5c4c3)cc2)ccc1C. The topological polar surface area (TPSA) is 3.24 Å². The van der Waals surface area contributed by atoms with Gasteiger partial charge in [0.25, 0.3) is 0 Å². The van der Waals surface area contributed by atoms with Crippen LogP contribution in [0.3, 0.4) is 0 Å². The minimum Gasteiger partial charge on any atom is -0.310 e. The van der Waals surface area contributed by atoms with Crippen molar-refractivity contribution in [2.75, 3.05) is 4.90 Å². The Balaban J connectivity index is 0.000000533. The lowest BCUT2D eigenvalue weighted by molar-refractivity contribution is 1.29. The standard InChI is InChI=1S/C46H35N.C7H8/c1-32-10-6-8-14-43(32)45-30-39(17-16-33(45)2)36-22-27-41(28-23-36)47(40-25-20-35(21-26-40)34-11-4-3-5-12-34)42-29-24-38-19-18-37-13-7-9-15-44(37)46(38)31-42;1-7-5-3-2-4-6-7/h3-31H,1-2H3;2-6H,1H3. The van der Waals surface area contributed by atoms with Crippen LogP contribution in [0.2, 0.25) is 0 Å². The highest BCUT2D eigenvalue weighted by molar-refractivity contribution is 6.09. The van der Waals surface area contributed by atoms with E-state index in [1.165, 1.54) is 71.6 Å². The molecule has 54 heavy (non-hydrogen) atoms. The Morgan fingerprint density at radius 2 is 0.778 bits per heavy atom. The second-order valence-electron chi connectivity index (χ2n) is 14.0. The first kappa shape index (κ1) is 34.4. The number of fused-ring (bicyclic) bond motifs is 3. The van der Waals surface area contributed by atoms with E-state index in [0.717, 1.165) is 17.1 Å². The lowest BCUT2D eigenvalue weighted by atomic mass is 9.93. The summed E-state index contributed by atoms with van der Waals surface area (Å²) in [5.41, 5.74) is 14.7. The first-order valence-electron chi connectivity index (χ1n) is 18.7. The van der Waals surface area contributed by atoms with E-state index in [-0.39, 0.29) is 0 Å². The number of nitrogens with zero attached hydrogens (tertiary/aromatic N) is 1. The van der Waals surface area contributed by atoms with Crippen LogP contribution in [0.1, 0.15) is 16.7 Å². The summed E-state index contributed by atoms with van der Waals surface area (Å²) < 4.78 is 0. The summed E-state index contributed by atoms with van der Waals surface area (Å²) in [5, 5.41) is 5.02. The van der Waals surface area contributed by atoms with Crippen molar-refractivity contribution in [2.45, 2.75) is 20.8 Å². The molecule has 260 valence electrons. The van der Waals surface area contributed by atoms with E-state index in [9.17, 15) is 0 Å². The quantitative estimate of drug-likeness (QED) is 0.157. The minimum atomic E-state index is 1.12. The van der Waals surface area contributed by atoms with Crippen LogP contribution >= 0.6 is 0 Å². The molecule has 0 unspecified atom stereocenters. The fraction of sp³-hybridized carbons (Fsp3) is 0.0566. The van der Waals surface area contributed by atoms with Gasteiger partial charge in [0.05, 0.1) is 0 Å². The minimum absolute atomic E-state index is 1.12. The van der Waals surface area contributed by atoms with Gasteiger partial charge in [-0.05, 0) is 129 Å². The molecule has 0 atom stereocenters. The Morgan fingerprint density at radius 3 is 1.43 bits per heavy atom. The van der Waals surface area contributed by atoms with Crippen LogP contribution in [0.4, 0.5) is 17.1 Å². The van der Waals surface area contributed by atoms with Gasteiger partial charge >= 0.3 is 0 Å². The molecule has 0 radical (unpaired) electrons. The Bertz CT molecular complexity index is 2660. The van der Waals surface area contributed by atoms with E-state index in [4.69, 9.17) is 0 Å². The molecule has 0 saturated carbocycles. The van der Waals surface area contributed by atoms with Gasteiger partial charge in [-0.3, -0.25) is 0 Å². The molecule has 0 bridgehead atoms. The average Bonchev–Trinajstić information content (AvgIpc) is 3.23. The highest BCUT2D eigenvalue weighted by Gasteiger charge is 2.15. The van der Waals surface area contributed by atoms with Crippen LogP contribution in [-0.2, 0) is 0 Å². The van der Waals surface area contributed by atoms with Gasteiger partial charge in [0.2, 0.25) is 0 Å². The molecule has 9 aromatic carbocycles. The monoisotopic (exact) mass is 693 g/mol. The molecule has 9 aromatic rings. The fourth-order valence-electron chi connectivity index (χ4n) is 7.31. The number of aryl methyl sites for hydroxylation is 3. The predicted molar refractivity (Wildman–Crippen MR) is 233 cm³/mol. The maximum Gasteiger partial charge on any atom is 0.0468 e. The van der Waals surface area contributed by atoms with Crippen LogP contribution in [0.15, 0.2) is 206 Å². The first-order valence-corrected chi connectivity index (χ1v) is 18.7. The smallest absolute Gasteiger partial charge is 0.0468 e. The Hall–Kier alpha value is -6.70. The molecule has 0 aromatic heterocycles.